The van der Waals surface area contributed by atoms with E-state index in [-0.39, 0.29) is 18.2 Å². The Labute approximate surface area is 122 Å². The first-order valence-electron chi connectivity index (χ1n) is 7.75. The van der Waals surface area contributed by atoms with Gasteiger partial charge in [0.05, 0.1) is 5.41 Å². The first kappa shape index (κ1) is 17.0. The minimum absolute atomic E-state index is 0.0587. The Morgan fingerprint density at radius 2 is 1.80 bits per heavy atom. The van der Waals surface area contributed by atoms with Crippen molar-refractivity contribution in [3.63, 3.8) is 0 Å². The molecule has 0 aromatic rings. The summed E-state index contributed by atoms with van der Waals surface area (Å²) < 4.78 is 0. The van der Waals surface area contributed by atoms with Crippen LogP contribution in [0.25, 0.3) is 0 Å². The summed E-state index contributed by atoms with van der Waals surface area (Å²) in [4.78, 5) is 23.4. The van der Waals surface area contributed by atoms with Gasteiger partial charge in [-0.1, -0.05) is 33.6 Å². The topological polar surface area (TPSA) is 66.4 Å². The largest absolute Gasteiger partial charge is 0.481 e. The Hall–Kier alpha value is -1.06. The SMILES string of the molecule is CC1CCC(CNC(=O)CC(C)(C(=O)O)C(C)C)CC1. The molecule has 0 aliphatic heterocycles. The van der Waals surface area contributed by atoms with Gasteiger partial charge in [0.25, 0.3) is 0 Å². The Morgan fingerprint density at radius 1 is 1.25 bits per heavy atom. The van der Waals surface area contributed by atoms with Crippen LogP contribution in [0.1, 0.15) is 59.8 Å². The molecule has 1 rings (SSSR count). The molecule has 1 aliphatic carbocycles. The summed E-state index contributed by atoms with van der Waals surface area (Å²) in [6.45, 7) is 8.32. The molecule has 1 atom stereocenters. The van der Waals surface area contributed by atoms with Gasteiger partial charge in [0.1, 0.15) is 0 Å². The van der Waals surface area contributed by atoms with Gasteiger partial charge in [-0.05, 0) is 37.5 Å². The highest BCUT2D eigenvalue weighted by Gasteiger charge is 2.38. The van der Waals surface area contributed by atoms with Gasteiger partial charge in [0, 0.05) is 13.0 Å². The van der Waals surface area contributed by atoms with Gasteiger partial charge >= 0.3 is 5.97 Å². The third kappa shape index (κ3) is 4.50. The second-order valence-corrected chi connectivity index (χ2v) is 6.98. The summed E-state index contributed by atoms with van der Waals surface area (Å²) >= 11 is 0. The van der Waals surface area contributed by atoms with E-state index < -0.39 is 11.4 Å². The van der Waals surface area contributed by atoms with Crippen molar-refractivity contribution in [2.75, 3.05) is 6.54 Å². The highest BCUT2D eigenvalue weighted by molar-refractivity contribution is 5.84. The zero-order chi connectivity index (χ0) is 15.3. The van der Waals surface area contributed by atoms with E-state index in [0.29, 0.717) is 12.5 Å². The van der Waals surface area contributed by atoms with Crippen molar-refractivity contribution in [3.8, 4) is 0 Å². The summed E-state index contributed by atoms with van der Waals surface area (Å²) in [5.74, 6) is 0.265. The van der Waals surface area contributed by atoms with Crippen LogP contribution in [0.3, 0.4) is 0 Å². The molecule has 0 aromatic heterocycles. The van der Waals surface area contributed by atoms with Gasteiger partial charge in [-0.3, -0.25) is 9.59 Å². The van der Waals surface area contributed by atoms with E-state index in [0.717, 1.165) is 5.92 Å². The van der Waals surface area contributed by atoms with Gasteiger partial charge < -0.3 is 10.4 Å². The molecule has 1 aliphatic rings. The van der Waals surface area contributed by atoms with Gasteiger partial charge in [-0.2, -0.15) is 0 Å². The summed E-state index contributed by atoms with van der Waals surface area (Å²) in [7, 11) is 0. The molecule has 0 heterocycles. The molecule has 116 valence electrons. The molecular formula is C16H29NO3. The second-order valence-electron chi connectivity index (χ2n) is 6.98. The number of amides is 1. The van der Waals surface area contributed by atoms with Crippen LogP contribution in [0, 0.1) is 23.2 Å². The maximum absolute atomic E-state index is 12.0. The predicted octanol–water partition coefficient (Wildman–Crippen LogP) is 3.07. The molecule has 1 fully saturated rings. The summed E-state index contributed by atoms with van der Waals surface area (Å²) in [6.07, 6.45) is 4.87. The Balaban J connectivity index is 2.41. The summed E-state index contributed by atoms with van der Waals surface area (Å²) in [5, 5.41) is 12.2. The highest BCUT2D eigenvalue weighted by Crippen LogP contribution is 2.31. The van der Waals surface area contributed by atoms with E-state index in [1.165, 1.54) is 25.7 Å². The number of carboxylic acids is 1. The lowest BCUT2D eigenvalue weighted by molar-refractivity contribution is -0.153. The van der Waals surface area contributed by atoms with Crippen molar-refractivity contribution in [2.45, 2.75) is 59.8 Å². The molecular weight excluding hydrogens is 254 g/mol. The fourth-order valence-electron chi connectivity index (χ4n) is 2.71. The maximum atomic E-state index is 12.0. The lowest BCUT2D eigenvalue weighted by atomic mass is 9.76. The summed E-state index contributed by atoms with van der Waals surface area (Å²) in [6, 6.07) is 0. The Bertz CT molecular complexity index is 346. The fraction of sp³-hybridized carbons (Fsp3) is 0.875. The van der Waals surface area contributed by atoms with Crippen LogP contribution in [0.4, 0.5) is 0 Å². The highest BCUT2D eigenvalue weighted by atomic mass is 16.4. The number of hydrogen-bond acceptors (Lipinski definition) is 2. The average Bonchev–Trinajstić information content (AvgIpc) is 2.37. The average molecular weight is 283 g/mol. The van der Waals surface area contributed by atoms with E-state index in [1.54, 1.807) is 6.92 Å². The summed E-state index contributed by atoms with van der Waals surface area (Å²) in [5.41, 5.74) is -0.981. The lowest BCUT2D eigenvalue weighted by Gasteiger charge is -2.29. The Kier molecular flexibility index (Phi) is 6.03. The van der Waals surface area contributed by atoms with Gasteiger partial charge in [-0.25, -0.2) is 0 Å². The smallest absolute Gasteiger partial charge is 0.310 e. The molecule has 0 radical (unpaired) electrons. The number of rotatable bonds is 6. The van der Waals surface area contributed by atoms with E-state index in [2.05, 4.69) is 12.2 Å². The molecule has 1 saturated carbocycles. The normalized spacial score (nSPS) is 26.1. The number of nitrogens with one attached hydrogen (secondary N) is 1. The number of carboxylic acid groups (broad SMARTS) is 1. The maximum Gasteiger partial charge on any atom is 0.310 e. The number of aliphatic carboxylic acids is 1. The molecule has 0 bridgehead atoms. The monoisotopic (exact) mass is 283 g/mol. The fourth-order valence-corrected chi connectivity index (χ4v) is 2.71. The van der Waals surface area contributed by atoms with Crippen molar-refractivity contribution in [1.29, 1.82) is 0 Å². The third-order valence-electron chi connectivity index (χ3n) is 5.01. The van der Waals surface area contributed by atoms with Gasteiger partial charge in [0.2, 0.25) is 5.91 Å². The predicted molar refractivity (Wildman–Crippen MR) is 79.3 cm³/mol. The molecule has 4 heteroatoms. The van der Waals surface area contributed by atoms with Gasteiger partial charge in [-0.15, -0.1) is 0 Å². The van der Waals surface area contributed by atoms with Crippen molar-refractivity contribution >= 4 is 11.9 Å². The number of carbonyl (C=O) groups excluding carboxylic acids is 1. The van der Waals surface area contributed by atoms with E-state index in [4.69, 9.17) is 0 Å². The van der Waals surface area contributed by atoms with Crippen molar-refractivity contribution in [2.24, 2.45) is 23.2 Å². The molecule has 1 unspecified atom stereocenters. The van der Waals surface area contributed by atoms with Crippen LogP contribution >= 0.6 is 0 Å². The first-order valence-corrected chi connectivity index (χ1v) is 7.75. The van der Waals surface area contributed by atoms with Crippen LogP contribution in [0.2, 0.25) is 0 Å². The standard InChI is InChI=1S/C16H29NO3/c1-11(2)16(4,15(19)20)9-14(18)17-10-13-7-5-12(3)6-8-13/h11-13H,5-10H2,1-4H3,(H,17,18)(H,19,20). The molecule has 4 nitrogen and oxygen atoms in total. The van der Waals surface area contributed by atoms with E-state index >= 15 is 0 Å². The molecule has 0 spiro atoms. The van der Waals surface area contributed by atoms with Crippen LogP contribution in [0.15, 0.2) is 0 Å². The van der Waals surface area contributed by atoms with Crippen LogP contribution in [-0.2, 0) is 9.59 Å². The minimum atomic E-state index is -0.981. The minimum Gasteiger partial charge on any atom is -0.481 e. The van der Waals surface area contributed by atoms with E-state index in [1.807, 2.05) is 13.8 Å². The molecule has 1 amide bonds. The number of hydrogen-bond donors (Lipinski definition) is 2. The molecule has 20 heavy (non-hydrogen) atoms. The second kappa shape index (κ2) is 7.09. The van der Waals surface area contributed by atoms with Crippen LogP contribution in [0.5, 0.6) is 0 Å². The Morgan fingerprint density at radius 3 is 2.25 bits per heavy atom. The first-order chi connectivity index (χ1) is 9.25. The van der Waals surface area contributed by atoms with Crippen LogP contribution in [-0.4, -0.2) is 23.5 Å². The third-order valence-corrected chi connectivity index (χ3v) is 5.01. The van der Waals surface area contributed by atoms with Gasteiger partial charge in [0.15, 0.2) is 0 Å². The van der Waals surface area contributed by atoms with E-state index in [9.17, 15) is 14.7 Å². The van der Waals surface area contributed by atoms with Crippen LogP contribution < -0.4 is 5.32 Å². The molecule has 0 saturated heterocycles. The van der Waals surface area contributed by atoms with Crippen molar-refractivity contribution in [1.82, 2.24) is 5.32 Å². The van der Waals surface area contributed by atoms with Crippen molar-refractivity contribution < 1.29 is 14.7 Å². The molecule has 2 N–H and O–H groups in total. The zero-order valence-electron chi connectivity index (χ0n) is 13.2. The zero-order valence-corrected chi connectivity index (χ0v) is 13.2. The van der Waals surface area contributed by atoms with Crippen molar-refractivity contribution in [3.05, 3.63) is 0 Å². The lowest BCUT2D eigenvalue weighted by Crippen LogP contribution is -2.40. The quantitative estimate of drug-likeness (QED) is 0.787. The number of carbonyl (C=O) groups is 2. The molecule has 0 aromatic carbocycles.